The van der Waals surface area contributed by atoms with Crippen LogP contribution in [0, 0.1) is 0 Å². The summed E-state index contributed by atoms with van der Waals surface area (Å²) in [5.41, 5.74) is 6.83. The Labute approximate surface area is 113 Å². The average Bonchev–Trinajstić information content (AvgIpc) is 2.31. The summed E-state index contributed by atoms with van der Waals surface area (Å²) in [5, 5.41) is 9.80. The molecule has 0 saturated heterocycles. The molecule has 1 aromatic carbocycles. The summed E-state index contributed by atoms with van der Waals surface area (Å²) >= 11 is 0. The molecule has 0 radical (unpaired) electrons. The van der Waals surface area contributed by atoms with Gasteiger partial charge in [0.25, 0.3) is 0 Å². The van der Waals surface area contributed by atoms with Crippen LogP contribution in [0.25, 0.3) is 0 Å². The lowest BCUT2D eigenvalue weighted by Crippen LogP contribution is -2.45. The van der Waals surface area contributed by atoms with Crippen molar-refractivity contribution in [3.05, 3.63) is 29.8 Å². The van der Waals surface area contributed by atoms with Crippen molar-refractivity contribution in [1.82, 2.24) is 4.72 Å². The largest absolute Gasteiger partial charge is 0.399 e. The van der Waals surface area contributed by atoms with Crippen LogP contribution >= 0.6 is 0 Å². The van der Waals surface area contributed by atoms with E-state index in [-0.39, 0.29) is 11.8 Å². The molecule has 0 aliphatic heterocycles. The van der Waals surface area contributed by atoms with Gasteiger partial charge in [-0.3, -0.25) is 0 Å². The number of rotatable bonds is 4. The third kappa shape index (κ3) is 4.19. The van der Waals surface area contributed by atoms with E-state index < -0.39 is 16.1 Å². The van der Waals surface area contributed by atoms with E-state index in [4.69, 9.17) is 5.73 Å². The van der Waals surface area contributed by atoms with Crippen molar-refractivity contribution in [3.8, 4) is 0 Å². The number of hydrogen-bond donors (Lipinski definition) is 3. The molecular weight excluding hydrogens is 264 g/mol. The van der Waals surface area contributed by atoms with Crippen LogP contribution in [0.2, 0.25) is 0 Å². The highest BCUT2D eigenvalue weighted by Crippen LogP contribution is 2.20. The third-order valence-corrected chi connectivity index (χ3v) is 4.74. The number of nitrogen functional groups attached to an aromatic ring is 1. The van der Waals surface area contributed by atoms with Crippen molar-refractivity contribution in [1.29, 1.82) is 0 Å². The molecule has 2 rings (SSSR count). The Morgan fingerprint density at radius 2 is 2.05 bits per heavy atom. The first-order valence-corrected chi connectivity index (χ1v) is 8.14. The van der Waals surface area contributed by atoms with Crippen LogP contribution in [0.4, 0.5) is 5.69 Å². The van der Waals surface area contributed by atoms with Gasteiger partial charge in [-0.1, -0.05) is 25.0 Å². The second-order valence-corrected chi connectivity index (χ2v) is 6.83. The monoisotopic (exact) mass is 284 g/mol. The number of hydrogen-bond acceptors (Lipinski definition) is 4. The lowest BCUT2D eigenvalue weighted by atomic mass is 9.93. The molecule has 0 heterocycles. The van der Waals surface area contributed by atoms with Gasteiger partial charge >= 0.3 is 0 Å². The summed E-state index contributed by atoms with van der Waals surface area (Å²) in [6.45, 7) is 0. The van der Waals surface area contributed by atoms with Crippen molar-refractivity contribution in [3.63, 3.8) is 0 Å². The SMILES string of the molecule is Nc1cccc(CS(=O)(=O)NC2CCCCC2O)c1. The van der Waals surface area contributed by atoms with E-state index >= 15 is 0 Å². The molecule has 19 heavy (non-hydrogen) atoms. The smallest absolute Gasteiger partial charge is 0.216 e. The Morgan fingerprint density at radius 1 is 1.32 bits per heavy atom. The number of nitrogens with two attached hydrogens (primary N) is 1. The van der Waals surface area contributed by atoms with Crippen molar-refractivity contribution in [2.24, 2.45) is 0 Å². The van der Waals surface area contributed by atoms with Crippen LogP contribution in [-0.2, 0) is 15.8 Å². The highest BCUT2D eigenvalue weighted by molar-refractivity contribution is 7.88. The fourth-order valence-corrected chi connectivity index (χ4v) is 3.86. The van der Waals surface area contributed by atoms with Crippen LogP contribution in [0.15, 0.2) is 24.3 Å². The first-order chi connectivity index (χ1) is 8.96. The molecule has 2 unspecified atom stereocenters. The van der Waals surface area contributed by atoms with Gasteiger partial charge in [0.15, 0.2) is 0 Å². The van der Waals surface area contributed by atoms with E-state index in [1.54, 1.807) is 24.3 Å². The van der Waals surface area contributed by atoms with Crippen molar-refractivity contribution < 1.29 is 13.5 Å². The summed E-state index contributed by atoms with van der Waals surface area (Å²) in [7, 11) is -3.45. The maximum atomic E-state index is 12.1. The Balaban J connectivity index is 2.02. The molecule has 0 aromatic heterocycles. The molecule has 5 nitrogen and oxygen atoms in total. The molecule has 1 aliphatic rings. The minimum atomic E-state index is -3.45. The first kappa shape index (κ1) is 14.3. The Morgan fingerprint density at radius 3 is 2.74 bits per heavy atom. The standard InChI is InChI=1S/C13H20N2O3S/c14-11-5-3-4-10(8-11)9-19(17,18)15-12-6-1-2-7-13(12)16/h3-5,8,12-13,15-16H,1-2,6-7,9,14H2. The van der Waals surface area contributed by atoms with Crippen LogP contribution in [0.3, 0.4) is 0 Å². The first-order valence-electron chi connectivity index (χ1n) is 6.49. The molecule has 1 aromatic rings. The van der Waals surface area contributed by atoms with Gasteiger partial charge in [0, 0.05) is 11.7 Å². The second-order valence-electron chi connectivity index (χ2n) is 5.08. The highest BCUT2D eigenvalue weighted by Gasteiger charge is 2.27. The van der Waals surface area contributed by atoms with Gasteiger partial charge < -0.3 is 10.8 Å². The Bertz CT molecular complexity index is 530. The number of anilines is 1. The zero-order valence-corrected chi connectivity index (χ0v) is 11.6. The lowest BCUT2D eigenvalue weighted by molar-refractivity contribution is 0.101. The highest BCUT2D eigenvalue weighted by atomic mass is 32.2. The van der Waals surface area contributed by atoms with Crippen molar-refractivity contribution >= 4 is 15.7 Å². The minimum Gasteiger partial charge on any atom is -0.399 e. The Kier molecular flexibility index (Phi) is 4.44. The Hall–Kier alpha value is -1.11. The topological polar surface area (TPSA) is 92.4 Å². The molecule has 4 N–H and O–H groups in total. The molecule has 1 aliphatic carbocycles. The number of aliphatic hydroxyl groups excluding tert-OH is 1. The molecular formula is C13H20N2O3S. The van der Waals surface area contributed by atoms with Gasteiger partial charge in [-0.05, 0) is 30.5 Å². The summed E-state index contributed by atoms with van der Waals surface area (Å²) in [6, 6.07) is 6.47. The molecule has 106 valence electrons. The third-order valence-electron chi connectivity index (χ3n) is 3.37. The van der Waals surface area contributed by atoms with E-state index in [0.29, 0.717) is 24.1 Å². The van der Waals surface area contributed by atoms with Gasteiger partial charge in [-0.15, -0.1) is 0 Å². The lowest BCUT2D eigenvalue weighted by Gasteiger charge is -2.28. The quantitative estimate of drug-likeness (QED) is 0.719. The fourth-order valence-electron chi connectivity index (χ4n) is 2.42. The summed E-state index contributed by atoms with van der Waals surface area (Å²) in [6.07, 6.45) is 2.67. The van der Waals surface area contributed by atoms with Crippen LogP contribution in [0.5, 0.6) is 0 Å². The van der Waals surface area contributed by atoms with E-state index in [1.807, 2.05) is 0 Å². The predicted molar refractivity (Wildman–Crippen MR) is 74.9 cm³/mol. The number of aliphatic hydroxyl groups is 1. The molecule has 0 spiro atoms. The number of sulfonamides is 1. The predicted octanol–water partition coefficient (Wildman–Crippen LogP) is 0.992. The fraction of sp³-hybridized carbons (Fsp3) is 0.538. The molecule has 6 heteroatoms. The maximum Gasteiger partial charge on any atom is 0.216 e. The molecule has 1 fully saturated rings. The van der Waals surface area contributed by atoms with E-state index in [9.17, 15) is 13.5 Å². The van der Waals surface area contributed by atoms with Crippen molar-refractivity contribution in [2.75, 3.05) is 5.73 Å². The molecule has 2 atom stereocenters. The van der Waals surface area contributed by atoms with Gasteiger partial charge in [-0.25, -0.2) is 13.1 Å². The second kappa shape index (κ2) is 5.90. The van der Waals surface area contributed by atoms with E-state index in [0.717, 1.165) is 12.8 Å². The van der Waals surface area contributed by atoms with Crippen molar-refractivity contribution in [2.45, 2.75) is 43.6 Å². The maximum absolute atomic E-state index is 12.1. The van der Waals surface area contributed by atoms with Gasteiger partial charge in [-0.2, -0.15) is 0 Å². The minimum absolute atomic E-state index is 0.110. The molecule has 0 amide bonds. The summed E-state index contributed by atoms with van der Waals surface area (Å²) in [5.74, 6) is -0.110. The summed E-state index contributed by atoms with van der Waals surface area (Å²) < 4.78 is 26.7. The van der Waals surface area contributed by atoms with Gasteiger partial charge in [0.2, 0.25) is 10.0 Å². The van der Waals surface area contributed by atoms with E-state index in [1.165, 1.54) is 0 Å². The van der Waals surface area contributed by atoms with Crippen LogP contribution in [-0.4, -0.2) is 25.7 Å². The summed E-state index contributed by atoms with van der Waals surface area (Å²) in [4.78, 5) is 0. The normalized spacial score (nSPS) is 24.3. The van der Waals surface area contributed by atoms with Gasteiger partial charge in [0.05, 0.1) is 11.9 Å². The van der Waals surface area contributed by atoms with Gasteiger partial charge in [0.1, 0.15) is 0 Å². The number of benzene rings is 1. The zero-order valence-electron chi connectivity index (χ0n) is 10.7. The van der Waals surface area contributed by atoms with Crippen LogP contribution < -0.4 is 10.5 Å². The zero-order chi connectivity index (χ0) is 13.9. The van der Waals surface area contributed by atoms with E-state index in [2.05, 4.69) is 4.72 Å². The van der Waals surface area contributed by atoms with Crippen LogP contribution in [0.1, 0.15) is 31.2 Å². The molecule has 0 bridgehead atoms. The average molecular weight is 284 g/mol. The number of nitrogens with one attached hydrogen (secondary N) is 1. The molecule has 1 saturated carbocycles.